The summed E-state index contributed by atoms with van der Waals surface area (Å²) in [7, 11) is 4.35. The molecule has 2 heterocycles. The van der Waals surface area contributed by atoms with Gasteiger partial charge in [-0.15, -0.1) is 0 Å². The smallest absolute Gasteiger partial charge is 0.151 e. The van der Waals surface area contributed by atoms with Crippen LogP contribution in [0.1, 0.15) is 30.0 Å². The molecular weight excluding hydrogens is 320 g/mol. The molecule has 0 saturated carbocycles. The fraction of sp³-hybridized carbons (Fsp3) is 0.400. The summed E-state index contributed by atoms with van der Waals surface area (Å²) in [5, 5.41) is 0.688. The molecule has 0 amide bonds. The minimum Gasteiger partial charge on any atom is -0.455 e. The van der Waals surface area contributed by atoms with Gasteiger partial charge in [-0.25, -0.2) is 0 Å². The third-order valence-corrected chi connectivity index (χ3v) is 5.54. The Balaban J connectivity index is 1.78. The van der Waals surface area contributed by atoms with Crippen LogP contribution in [0.5, 0.6) is 11.5 Å². The van der Waals surface area contributed by atoms with Crippen molar-refractivity contribution in [3.8, 4) is 11.5 Å². The number of fused-ring (bicyclic) bond motifs is 2. The van der Waals surface area contributed by atoms with Gasteiger partial charge in [-0.1, -0.05) is 41.9 Å². The van der Waals surface area contributed by atoms with Crippen LogP contribution in [0.15, 0.2) is 42.5 Å². The average Bonchev–Trinajstić information content (AvgIpc) is 2.60. The van der Waals surface area contributed by atoms with E-state index in [1.807, 2.05) is 24.3 Å². The number of likely N-dealkylation sites (N-methyl/N-ethyl adjacent to an activating group) is 1. The number of ether oxygens (including phenoxy) is 1. The first kappa shape index (κ1) is 15.9. The molecule has 3 nitrogen and oxygen atoms in total. The van der Waals surface area contributed by atoms with Crippen LogP contribution in [0.2, 0.25) is 5.02 Å². The Morgan fingerprint density at radius 1 is 1.08 bits per heavy atom. The van der Waals surface area contributed by atoms with E-state index >= 15 is 0 Å². The average molecular weight is 343 g/mol. The number of piperidine rings is 1. The maximum absolute atomic E-state index is 6.44. The normalized spacial score (nSPS) is 23.5. The number of benzene rings is 2. The summed E-state index contributed by atoms with van der Waals surface area (Å²) in [6.45, 7) is 2.17. The molecule has 0 radical (unpaired) electrons. The predicted octanol–water partition coefficient (Wildman–Crippen LogP) is 4.56. The lowest BCUT2D eigenvalue weighted by molar-refractivity contribution is 0.106. The standard InChI is InChI=1S/C20H23ClN2O/c1-22(2)14-7-6-12-23(13-14)19-15-8-3-4-11-18(15)24-20-16(19)9-5-10-17(20)21/h3-5,8-11,14,19H,6-7,12-13H2,1-2H3. The number of nitrogens with zero attached hydrogens (tertiary/aromatic N) is 2. The molecule has 24 heavy (non-hydrogen) atoms. The Morgan fingerprint density at radius 2 is 1.88 bits per heavy atom. The molecule has 0 N–H and O–H groups in total. The second-order valence-corrected chi connectivity index (χ2v) is 7.36. The molecule has 2 aromatic carbocycles. The second-order valence-electron chi connectivity index (χ2n) is 6.96. The van der Waals surface area contributed by atoms with E-state index in [-0.39, 0.29) is 6.04 Å². The van der Waals surface area contributed by atoms with Gasteiger partial charge >= 0.3 is 0 Å². The zero-order chi connectivity index (χ0) is 16.7. The Hall–Kier alpha value is -1.55. The molecule has 4 rings (SSSR count). The first-order valence-corrected chi connectivity index (χ1v) is 8.98. The van der Waals surface area contributed by atoms with Gasteiger partial charge in [0.15, 0.2) is 5.75 Å². The van der Waals surface area contributed by atoms with Crippen LogP contribution in [0, 0.1) is 0 Å². The van der Waals surface area contributed by atoms with Gasteiger partial charge in [-0.3, -0.25) is 4.90 Å². The van der Waals surface area contributed by atoms with Crippen LogP contribution in [-0.2, 0) is 0 Å². The summed E-state index contributed by atoms with van der Waals surface area (Å²) in [6.07, 6.45) is 2.48. The molecule has 0 spiro atoms. The second kappa shape index (κ2) is 6.40. The third kappa shape index (κ3) is 2.71. The molecule has 0 bridgehead atoms. The van der Waals surface area contributed by atoms with Crippen molar-refractivity contribution in [1.82, 2.24) is 9.80 Å². The molecule has 0 aliphatic carbocycles. The molecule has 2 aliphatic heterocycles. The first-order chi connectivity index (χ1) is 11.6. The number of hydrogen-bond acceptors (Lipinski definition) is 3. The molecule has 2 aromatic rings. The van der Waals surface area contributed by atoms with E-state index in [0.29, 0.717) is 11.1 Å². The van der Waals surface area contributed by atoms with E-state index in [1.165, 1.54) is 24.0 Å². The van der Waals surface area contributed by atoms with Crippen LogP contribution in [0.25, 0.3) is 0 Å². The lowest BCUT2D eigenvalue weighted by atomic mass is 9.91. The highest BCUT2D eigenvalue weighted by Gasteiger charge is 2.35. The summed E-state index contributed by atoms with van der Waals surface area (Å²) in [5.41, 5.74) is 2.42. The summed E-state index contributed by atoms with van der Waals surface area (Å²) in [6, 6.07) is 15.2. The van der Waals surface area contributed by atoms with E-state index in [1.54, 1.807) is 0 Å². The van der Waals surface area contributed by atoms with Gasteiger partial charge in [0.05, 0.1) is 11.1 Å². The minimum absolute atomic E-state index is 0.214. The van der Waals surface area contributed by atoms with Crippen LogP contribution < -0.4 is 4.74 Å². The highest BCUT2D eigenvalue weighted by atomic mass is 35.5. The predicted molar refractivity (Wildman–Crippen MR) is 98.1 cm³/mol. The van der Waals surface area contributed by atoms with Crippen molar-refractivity contribution in [2.45, 2.75) is 24.9 Å². The molecule has 2 aliphatic rings. The molecule has 1 fully saturated rings. The first-order valence-electron chi connectivity index (χ1n) is 8.61. The van der Waals surface area contributed by atoms with Gasteiger partial charge in [-0.2, -0.15) is 0 Å². The monoisotopic (exact) mass is 342 g/mol. The lowest BCUT2D eigenvalue weighted by Gasteiger charge is -2.43. The van der Waals surface area contributed by atoms with Crippen molar-refractivity contribution in [2.75, 3.05) is 27.2 Å². The molecule has 126 valence electrons. The maximum atomic E-state index is 6.44. The van der Waals surface area contributed by atoms with Gasteiger partial charge < -0.3 is 9.64 Å². The van der Waals surface area contributed by atoms with Gasteiger partial charge in [0.25, 0.3) is 0 Å². The minimum atomic E-state index is 0.214. The Bertz CT molecular complexity index is 746. The van der Waals surface area contributed by atoms with Gasteiger partial charge in [0, 0.05) is 23.7 Å². The van der Waals surface area contributed by atoms with Gasteiger partial charge in [-0.05, 0) is 45.6 Å². The van der Waals surface area contributed by atoms with Crippen molar-refractivity contribution < 1.29 is 4.74 Å². The molecule has 4 heteroatoms. The topological polar surface area (TPSA) is 15.7 Å². The summed E-state index contributed by atoms with van der Waals surface area (Å²) in [5.74, 6) is 1.74. The van der Waals surface area contributed by atoms with Crippen LogP contribution >= 0.6 is 11.6 Å². The molecule has 2 atom stereocenters. The third-order valence-electron chi connectivity index (χ3n) is 5.24. The maximum Gasteiger partial charge on any atom is 0.151 e. The molecule has 1 saturated heterocycles. The largest absolute Gasteiger partial charge is 0.455 e. The Morgan fingerprint density at radius 3 is 2.71 bits per heavy atom. The molecule has 2 unspecified atom stereocenters. The summed E-state index contributed by atoms with van der Waals surface area (Å²) < 4.78 is 6.13. The summed E-state index contributed by atoms with van der Waals surface area (Å²) >= 11 is 6.44. The van der Waals surface area contributed by atoms with Gasteiger partial charge in [0.2, 0.25) is 0 Å². The SMILES string of the molecule is CN(C)C1CCCN(C2c3ccccc3Oc3c(Cl)cccc32)C1. The van der Waals surface area contributed by atoms with Crippen LogP contribution in [0.4, 0.5) is 0 Å². The van der Waals surface area contributed by atoms with E-state index in [0.717, 1.165) is 24.6 Å². The number of hydrogen-bond donors (Lipinski definition) is 0. The Labute approximate surface area is 148 Å². The van der Waals surface area contributed by atoms with E-state index in [9.17, 15) is 0 Å². The zero-order valence-corrected chi connectivity index (χ0v) is 15.0. The molecular formula is C20H23ClN2O. The van der Waals surface area contributed by atoms with E-state index in [4.69, 9.17) is 16.3 Å². The van der Waals surface area contributed by atoms with Crippen molar-refractivity contribution in [3.63, 3.8) is 0 Å². The quantitative estimate of drug-likeness (QED) is 0.795. The van der Waals surface area contributed by atoms with Crippen LogP contribution in [0.3, 0.4) is 0 Å². The number of likely N-dealkylation sites (tertiary alicyclic amines) is 1. The van der Waals surface area contributed by atoms with Crippen molar-refractivity contribution in [1.29, 1.82) is 0 Å². The number of halogens is 1. The molecule has 0 aromatic heterocycles. The number of para-hydroxylation sites is 2. The number of rotatable bonds is 2. The van der Waals surface area contributed by atoms with Crippen molar-refractivity contribution >= 4 is 11.6 Å². The Kier molecular flexibility index (Phi) is 4.25. The highest BCUT2D eigenvalue weighted by molar-refractivity contribution is 6.32. The van der Waals surface area contributed by atoms with E-state index < -0.39 is 0 Å². The summed E-state index contributed by atoms with van der Waals surface area (Å²) in [4.78, 5) is 4.93. The van der Waals surface area contributed by atoms with Crippen LogP contribution in [-0.4, -0.2) is 43.0 Å². The zero-order valence-electron chi connectivity index (χ0n) is 14.2. The fourth-order valence-electron chi connectivity index (χ4n) is 3.96. The highest BCUT2D eigenvalue weighted by Crippen LogP contribution is 2.48. The lowest BCUT2D eigenvalue weighted by Crippen LogP contribution is -2.47. The van der Waals surface area contributed by atoms with Crippen molar-refractivity contribution in [2.24, 2.45) is 0 Å². The van der Waals surface area contributed by atoms with Crippen molar-refractivity contribution in [3.05, 3.63) is 58.6 Å². The van der Waals surface area contributed by atoms with Gasteiger partial charge in [0.1, 0.15) is 5.75 Å². The van der Waals surface area contributed by atoms with E-state index in [2.05, 4.69) is 42.1 Å². The fourth-order valence-corrected chi connectivity index (χ4v) is 4.18.